The van der Waals surface area contributed by atoms with Crippen molar-refractivity contribution in [3.05, 3.63) is 53.0 Å². The number of nitrogens with one attached hydrogen (secondary N) is 3. The third-order valence-electron chi connectivity index (χ3n) is 3.58. The summed E-state index contributed by atoms with van der Waals surface area (Å²) in [6, 6.07) is 7.93. The third kappa shape index (κ3) is 5.17. The zero-order valence-corrected chi connectivity index (χ0v) is 15.6. The van der Waals surface area contributed by atoms with Gasteiger partial charge in [0.25, 0.3) is 5.91 Å². The molecule has 2 aromatic rings. The first kappa shape index (κ1) is 19.7. The minimum atomic E-state index is -3.68. The number of hydrogen-bond acceptors (Lipinski definition) is 5. The van der Waals surface area contributed by atoms with Crippen molar-refractivity contribution in [1.29, 1.82) is 0 Å². The topological polar surface area (TPSA) is 118 Å². The van der Waals surface area contributed by atoms with Gasteiger partial charge in [0.05, 0.1) is 10.5 Å². The van der Waals surface area contributed by atoms with Crippen molar-refractivity contribution in [2.24, 2.45) is 0 Å². The maximum atomic E-state index is 12.1. The van der Waals surface area contributed by atoms with Crippen molar-refractivity contribution in [3.8, 4) is 0 Å². The lowest BCUT2D eigenvalue weighted by atomic mass is 10.2. The highest BCUT2D eigenvalue weighted by Gasteiger charge is 2.16. The van der Waals surface area contributed by atoms with Crippen molar-refractivity contribution >= 4 is 21.8 Å². The lowest BCUT2D eigenvalue weighted by Crippen LogP contribution is -2.42. The smallest absolute Gasteiger partial charge is 0.273 e. The lowest BCUT2D eigenvalue weighted by Gasteiger charge is -2.08. The average Bonchev–Trinajstić information content (AvgIpc) is 2.91. The molecule has 2 amide bonds. The predicted octanol–water partition coefficient (Wildman–Crippen LogP) is 1.33. The number of rotatable bonds is 6. The lowest BCUT2D eigenvalue weighted by molar-refractivity contribution is -0.121. The summed E-state index contributed by atoms with van der Waals surface area (Å²) in [6.07, 6.45) is -0.130. The Labute approximate surface area is 152 Å². The van der Waals surface area contributed by atoms with E-state index < -0.39 is 21.8 Å². The van der Waals surface area contributed by atoms with Gasteiger partial charge >= 0.3 is 0 Å². The van der Waals surface area contributed by atoms with Crippen LogP contribution in [0.1, 0.15) is 33.9 Å². The van der Waals surface area contributed by atoms with E-state index in [9.17, 15) is 18.0 Å². The normalized spacial score (nSPS) is 11.2. The second-order valence-electron chi connectivity index (χ2n) is 5.79. The molecule has 1 aromatic heterocycles. The molecule has 9 heteroatoms. The number of aryl methyl sites for hydroxylation is 3. The molecule has 0 aliphatic carbocycles. The van der Waals surface area contributed by atoms with Gasteiger partial charge in [-0.3, -0.25) is 20.4 Å². The average molecular weight is 379 g/mol. The molecule has 0 radical (unpaired) electrons. The molecule has 3 N–H and O–H groups in total. The van der Waals surface area contributed by atoms with E-state index in [0.717, 1.165) is 5.56 Å². The van der Waals surface area contributed by atoms with E-state index in [2.05, 4.69) is 15.6 Å². The fourth-order valence-corrected chi connectivity index (χ4v) is 3.24. The highest BCUT2D eigenvalue weighted by atomic mass is 32.2. The summed E-state index contributed by atoms with van der Waals surface area (Å²) in [7, 11) is -3.68. The van der Waals surface area contributed by atoms with Crippen molar-refractivity contribution in [3.63, 3.8) is 0 Å². The second-order valence-corrected chi connectivity index (χ2v) is 7.56. The van der Waals surface area contributed by atoms with Crippen LogP contribution in [-0.2, 0) is 14.8 Å². The highest BCUT2D eigenvalue weighted by Crippen LogP contribution is 2.13. The number of sulfonamides is 1. The van der Waals surface area contributed by atoms with Gasteiger partial charge in [0.2, 0.25) is 15.9 Å². The molecule has 0 bridgehead atoms. The van der Waals surface area contributed by atoms with Crippen LogP contribution in [0.4, 0.5) is 0 Å². The molecule has 0 unspecified atom stereocenters. The molecule has 0 fully saturated rings. The van der Waals surface area contributed by atoms with Crippen LogP contribution in [0.5, 0.6) is 0 Å². The Hall–Kier alpha value is -2.65. The van der Waals surface area contributed by atoms with Crippen LogP contribution in [0.2, 0.25) is 0 Å². The molecule has 1 heterocycles. The van der Waals surface area contributed by atoms with Gasteiger partial charge in [-0.2, -0.15) is 0 Å². The van der Waals surface area contributed by atoms with E-state index >= 15 is 0 Å². The molecule has 1 aromatic carbocycles. The Kier molecular flexibility index (Phi) is 6.17. The van der Waals surface area contributed by atoms with Crippen LogP contribution < -0.4 is 15.6 Å². The molecule has 0 aliphatic rings. The summed E-state index contributed by atoms with van der Waals surface area (Å²) in [4.78, 5) is 23.8. The van der Waals surface area contributed by atoms with E-state index in [4.69, 9.17) is 4.42 Å². The van der Waals surface area contributed by atoms with Gasteiger partial charge in [-0.15, -0.1) is 0 Å². The van der Waals surface area contributed by atoms with E-state index in [1.165, 1.54) is 12.1 Å². The molecule has 2 rings (SSSR count). The molecule has 0 saturated carbocycles. The van der Waals surface area contributed by atoms with Crippen LogP contribution >= 0.6 is 0 Å². The summed E-state index contributed by atoms with van der Waals surface area (Å²) >= 11 is 0. The third-order valence-corrected chi connectivity index (χ3v) is 5.05. The van der Waals surface area contributed by atoms with Crippen molar-refractivity contribution in [1.82, 2.24) is 15.6 Å². The molecule has 140 valence electrons. The van der Waals surface area contributed by atoms with Gasteiger partial charge in [-0.1, -0.05) is 17.7 Å². The molecule has 8 nitrogen and oxygen atoms in total. The Morgan fingerprint density at radius 1 is 1.04 bits per heavy atom. The monoisotopic (exact) mass is 379 g/mol. The fraction of sp³-hybridized carbons (Fsp3) is 0.294. The zero-order valence-electron chi connectivity index (χ0n) is 14.8. The summed E-state index contributed by atoms with van der Waals surface area (Å²) in [6.45, 7) is 5.11. The number of carbonyl (C=O) groups excluding carboxylic acids is 2. The van der Waals surface area contributed by atoms with Crippen molar-refractivity contribution in [2.75, 3.05) is 6.54 Å². The molecule has 26 heavy (non-hydrogen) atoms. The van der Waals surface area contributed by atoms with E-state index in [1.54, 1.807) is 32.0 Å². The van der Waals surface area contributed by atoms with Crippen LogP contribution in [-0.4, -0.2) is 26.8 Å². The zero-order chi connectivity index (χ0) is 19.3. The molecule has 0 atom stereocenters. The van der Waals surface area contributed by atoms with Gasteiger partial charge < -0.3 is 4.42 Å². The van der Waals surface area contributed by atoms with Crippen LogP contribution in [0, 0.1) is 20.8 Å². The molecule has 0 saturated heterocycles. The minimum absolute atomic E-state index is 0.0955. The van der Waals surface area contributed by atoms with E-state index in [1.807, 2.05) is 6.92 Å². The van der Waals surface area contributed by atoms with Crippen molar-refractivity contribution < 1.29 is 22.4 Å². The van der Waals surface area contributed by atoms with Gasteiger partial charge in [0.15, 0.2) is 0 Å². The molecule has 0 aliphatic heterocycles. The Morgan fingerprint density at radius 3 is 2.27 bits per heavy atom. The van der Waals surface area contributed by atoms with Gasteiger partial charge in [-0.25, -0.2) is 13.1 Å². The first-order chi connectivity index (χ1) is 12.2. The highest BCUT2D eigenvalue weighted by molar-refractivity contribution is 7.89. The van der Waals surface area contributed by atoms with Gasteiger partial charge in [-0.05, 0) is 39.0 Å². The molecular formula is C17H21N3O5S. The number of hydrogen-bond donors (Lipinski definition) is 3. The maximum absolute atomic E-state index is 12.1. The van der Waals surface area contributed by atoms with Gasteiger partial charge in [0, 0.05) is 13.0 Å². The maximum Gasteiger partial charge on any atom is 0.273 e. The first-order valence-electron chi connectivity index (χ1n) is 7.91. The summed E-state index contributed by atoms with van der Waals surface area (Å²) < 4.78 is 31.8. The van der Waals surface area contributed by atoms with Crippen LogP contribution in [0.25, 0.3) is 0 Å². The Balaban J connectivity index is 1.79. The quantitative estimate of drug-likeness (QED) is 0.655. The summed E-state index contributed by atoms with van der Waals surface area (Å²) in [5.41, 5.74) is 5.77. The standard InChI is InChI=1S/C17H21N3O5S/c1-11-4-6-14(7-5-11)26(23,24)18-9-8-16(21)19-20-17(22)15-10-12(2)25-13(15)3/h4-7,10,18H,8-9H2,1-3H3,(H,19,21)(H,20,22). The minimum Gasteiger partial charge on any atom is -0.466 e. The number of hydrazine groups is 1. The summed E-state index contributed by atoms with van der Waals surface area (Å²) in [5.74, 6) is 0.000331. The molecular weight excluding hydrogens is 358 g/mol. The van der Waals surface area contributed by atoms with Crippen LogP contribution in [0.3, 0.4) is 0 Å². The van der Waals surface area contributed by atoms with Crippen LogP contribution in [0.15, 0.2) is 39.6 Å². The number of carbonyl (C=O) groups is 2. The Morgan fingerprint density at radius 2 is 1.69 bits per heavy atom. The second kappa shape index (κ2) is 8.15. The van der Waals surface area contributed by atoms with Gasteiger partial charge in [0.1, 0.15) is 11.5 Å². The fourth-order valence-electron chi connectivity index (χ4n) is 2.21. The number of amides is 2. The number of benzene rings is 1. The predicted molar refractivity (Wildman–Crippen MR) is 94.8 cm³/mol. The first-order valence-corrected chi connectivity index (χ1v) is 9.40. The number of furan rings is 1. The Bertz CT molecular complexity index is 901. The SMILES string of the molecule is Cc1ccc(S(=O)(=O)NCCC(=O)NNC(=O)c2cc(C)oc2C)cc1. The van der Waals surface area contributed by atoms with Crippen molar-refractivity contribution in [2.45, 2.75) is 32.1 Å². The van der Waals surface area contributed by atoms with E-state index in [0.29, 0.717) is 17.1 Å². The van der Waals surface area contributed by atoms with E-state index in [-0.39, 0.29) is 17.9 Å². The largest absolute Gasteiger partial charge is 0.466 e. The summed E-state index contributed by atoms with van der Waals surface area (Å²) in [5, 5.41) is 0. The molecule has 0 spiro atoms.